The summed E-state index contributed by atoms with van der Waals surface area (Å²) in [6, 6.07) is 7.38. The number of benzene rings is 1. The van der Waals surface area contributed by atoms with Gasteiger partial charge in [-0.05, 0) is 49.7 Å². The molecule has 0 saturated carbocycles. The van der Waals surface area contributed by atoms with Crippen LogP contribution in [0.15, 0.2) is 30.3 Å². The zero-order chi connectivity index (χ0) is 21.3. The average Bonchev–Trinajstić information content (AvgIpc) is 2.75. The topological polar surface area (TPSA) is 67.9 Å². The predicted octanol–water partition coefficient (Wildman–Crippen LogP) is 1.95. The highest BCUT2D eigenvalue weighted by atomic mass is 35.5. The molecule has 1 saturated heterocycles. The van der Waals surface area contributed by atoms with Crippen molar-refractivity contribution in [2.45, 2.75) is 26.2 Å². The molecule has 0 unspecified atom stereocenters. The van der Waals surface area contributed by atoms with Gasteiger partial charge in [-0.1, -0.05) is 30.7 Å². The number of hydrogen-bond acceptors (Lipinski definition) is 5. The van der Waals surface area contributed by atoms with Gasteiger partial charge in [0.05, 0.1) is 5.70 Å². The maximum Gasteiger partial charge on any atom is 0.245 e. The van der Waals surface area contributed by atoms with Crippen LogP contribution >= 0.6 is 11.6 Å². The first kappa shape index (κ1) is 22.6. The number of halogens is 1. The number of nitrogens with zero attached hydrogens (tertiary/aromatic N) is 3. The van der Waals surface area contributed by atoms with E-state index < -0.39 is 0 Å². The van der Waals surface area contributed by atoms with Crippen molar-refractivity contribution in [2.24, 2.45) is 0 Å². The van der Waals surface area contributed by atoms with Crippen molar-refractivity contribution < 1.29 is 9.59 Å². The van der Waals surface area contributed by atoms with Gasteiger partial charge in [0.2, 0.25) is 11.8 Å². The molecule has 30 heavy (non-hydrogen) atoms. The Morgan fingerprint density at radius 3 is 2.43 bits per heavy atom. The third-order valence-corrected chi connectivity index (χ3v) is 5.72. The van der Waals surface area contributed by atoms with Gasteiger partial charge in [-0.15, -0.1) is 0 Å². The minimum atomic E-state index is -0.152. The first-order valence-electron chi connectivity index (χ1n) is 10.8. The van der Waals surface area contributed by atoms with E-state index in [9.17, 15) is 9.59 Å². The highest BCUT2D eigenvalue weighted by Crippen LogP contribution is 2.19. The van der Waals surface area contributed by atoms with Gasteiger partial charge in [-0.25, -0.2) is 5.01 Å². The van der Waals surface area contributed by atoms with Gasteiger partial charge in [0, 0.05) is 44.2 Å². The molecule has 2 aliphatic rings. The number of hydrogen-bond donors (Lipinski definition) is 2. The first-order chi connectivity index (χ1) is 14.5. The van der Waals surface area contributed by atoms with Crippen molar-refractivity contribution in [3.63, 3.8) is 0 Å². The van der Waals surface area contributed by atoms with E-state index >= 15 is 0 Å². The van der Waals surface area contributed by atoms with Crippen LogP contribution in [-0.2, 0) is 9.59 Å². The summed E-state index contributed by atoms with van der Waals surface area (Å²) in [5.74, 6) is -0.270. The SMILES string of the molecule is CCCN1CCN(CCCNC(=O)CN2NC(c3ccc(Cl)cc3)=CCC2=O)CC1. The lowest BCUT2D eigenvalue weighted by molar-refractivity contribution is -0.137. The molecule has 0 spiro atoms. The zero-order valence-electron chi connectivity index (χ0n) is 17.7. The van der Waals surface area contributed by atoms with E-state index in [1.54, 1.807) is 12.1 Å². The van der Waals surface area contributed by atoms with Crippen LogP contribution < -0.4 is 10.7 Å². The molecule has 0 aromatic heterocycles. The molecule has 2 amide bonds. The summed E-state index contributed by atoms with van der Waals surface area (Å²) in [6.07, 6.45) is 4.22. The number of carbonyl (C=O) groups is 2. The van der Waals surface area contributed by atoms with Crippen molar-refractivity contribution >= 4 is 29.1 Å². The quantitative estimate of drug-likeness (QED) is 0.583. The van der Waals surface area contributed by atoms with Crippen molar-refractivity contribution in [1.82, 2.24) is 25.6 Å². The maximum atomic E-state index is 12.3. The monoisotopic (exact) mass is 433 g/mol. The Balaban J connectivity index is 1.36. The van der Waals surface area contributed by atoms with Crippen LogP contribution in [0.5, 0.6) is 0 Å². The number of carbonyl (C=O) groups excluding carboxylic acids is 2. The van der Waals surface area contributed by atoms with E-state index in [1.165, 1.54) is 18.0 Å². The minimum Gasteiger partial charge on any atom is -0.354 e. The lowest BCUT2D eigenvalue weighted by Crippen LogP contribution is -2.49. The Bertz CT molecular complexity index is 744. The number of rotatable bonds is 9. The first-order valence-corrected chi connectivity index (χ1v) is 11.2. The van der Waals surface area contributed by atoms with Gasteiger partial charge in [0.25, 0.3) is 0 Å². The Morgan fingerprint density at radius 1 is 1.10 bits per heavy atom. The average molecular weight is 434 g/mol. The van der Waals surface area contributed by atoms with Crippen LogP contribution in [0.25, 0.3) is 5.70 Å². The molecule has 0 radical (unpaired) electrons. The van der Waals surface area contributed by atoms with Crippen LogP contribution in [0.3, 0.4) is 0 Å². The van der Waals surface area contributed by atoms with Gasteiger partial charge < -0.3 is 15.1 Å². The molecule has 0 bridgehead atoms. The van der Waals surface area contributed by atoms with E-state index in [2.05, 4.69) is 27.5 Å². The predicted molar refractivity (Wildman–Crippen MR) is 120 cm³/mol. The van der Waals surface area contributed by atoms with Crippen molar-refractivity contribution in [1.29, 1.82) is 0 Å². The molecule has 8 heteroatoms. The molecule has 1 aromatic carbocycles. The fourth-order valence-corrected chi connectivity index (χ4v) is 3.90. The summed E-state index contributed by atoms with van der Waals surface area (Å²) in [6.45, 7) is 9.47. The molecule has 1 fully saturated rings. The zero-order valence-corrected chi connectivity index (χ0v) is 18.5. The second-order valence-corrected chi connectivity index (χ2v) is 8.24. The Labute approximate surface area is 184 Å². The van der Waals surface area contributed by atoms with Crippen molar-refractivity contribution in [3.8, 4) is 0 Å². The summed E-state index contributed by atoms with van der Waals surface area (Å²) < 4.78 is 0. The molecule has 2 aliphatic heterocycles. The van der Waals surface area contributed by atoms with Crippen molar-refractivity contribution in [2.75, 3.05) is 52.4 Å². The van der Waals surface area contributed by atoms with Crippen LogP contribution in [0.2, 0.25) is 5.02 Å². The molecular formula is C22H32ClN5O2. The Kier molecular flexibility index (Phi) is 8.54. The second kappa shape index (κ2) is 11.3. The highest BCUT2D eigenvalue weighted by Gasteiger charge is 2.22. The van der Waals surface area contributed by atoms with Crippen LogP contribution in [0.4, 0.5) is 0 Å². The van der Waals surface area contributed by atoms with Gasteiger partial charge in [0.1, 0.15) is 6.54 Å². The molecule has 0 aliphatic carbocycles. The van der Waals surface area contributed by atoms with Gasteiger partial charge in [0.15, 0.2) is 0 Å². The maximum absolute atomic E-state index is 12.3. The minimum absolute atomic E-state index is 0.000541. The Hall–Kier alpha value is -2.09. The van der Waals surface area contributed by atoms with Gasteiger partial charge in [-0.2, -0.15) is 0 Å². The molecule has 2 heterocycles. The second-order valence-electron chi connectivity index (χ2n) is 7.81. The van der Waals surface area contributed by atoms with Crippen LogP contribution in [0, 0.1) is 0 Å². The van der Waals surface area contributed by atoms with E-state index in [1.807, 2.05) is 18.2 Å². The number of hydrazine groups is 1. The number of piperazine rings is 1. The fraction of sp³-hybridized carbons (Fsp3) is 0.545. The van der Waals surface area contributed by atoms with Gasteiger partial charge in [-0.3, -0.25) is 15.0 Å². The highest BCUT2D eigenvalue weighted by molar-refractivity contribution is 6.30. The molecule has 7 nitrogen and oxygen atoms in total. The number of amides is 2. The van der Waals surface area contributed by atoms with Crippen LogP contribution in [-0.4, -0.2) is 79.0 Å². The lowest BCUT2D eigenvalue weighted by Gasteiger charge is -2.34. The van der Waals surface area contributed by atoms with E-state index in [0.29, 0.717) is 11.6 Å². The van der Waals surface area contributed by atoms with E-state index in [4.69, 9.17) is 11.6 Å². The summed E-state index contributed by atoms with van der Waals surface area (Å²) in [7, 11) is 0. The summed E-state index contributed by atoms with van der Waals surface area (Å²) in [5.41, 5.74) is 4.79. The van der Waals surface area contributed by atoms with Crippen molar-refractivity contribution in [3.05, 3.63) is 40.9 Å². The fourth-order valence-electron chi connectivity index (χ4n) is 3.78. The molecule has 3 rings (SSSR count). The summed E-state index contributed by atoms with van der Waals surface area (Å²) in [5, 5.41) is 4.97. The Morgan fingerprint density at radius 2 is 1.77 bits per heavy atom. The lowest BCUT2D eigenvalue weighted by atomic mass is 10.1. The molecular weight excluding hydrogens is 402 g/mol. The molecule has 164 valence electrons. The van der Waals surface area contributed by atoms with Crippen LogP contribution in [0.1, 0.15) is 31.7 Å². The van der Waals surface area contributed by atoms with E-state index in [-0.39, 0.29) is 24.8 Å². The molecule has 1 aromatic rings. The number of nitrogens with one attached hydrogen (secondary N) is 2. The normalized spacial score (nSPS) is 18.1. The summed E-state index contributed by atoms with van der Waals surface area (Å²) >= 11 is 5.94. The molecule has 2 N–H and O–H groups in total. The summed E-state index contributed by atoms with van der Waals surface area (Å²) in [4.78, 5) is 29.4. The molecule has 0 atom stereocenters. The standard InChI is InChI=1S/C22H32ClN5O2/c1-2-11-26-13-15-27(16-14-26)12-3-10-24-21(29)17-28-22(30)9-8-20(25-28)18-4-6-19(23)7-5-18/h4-8,25H,2-3,9-17H2,1H3,(H,24,29). The third-order valence-electron chi connectivity index (χ3n) is 5.47. The van der Waals surface area contributed by atoms with Gasteiger partial charge >= 0.3 is 0 Å². The smallest absolute Gasteiger partial charge is 0.245 e. The van der Waals surface area contributed by atoms with E-state index in [0.717, 1.165) is 50.4 Å². The largest absolute Gasteiger partial charge is 0.354 e. The third kappa shape index (κ3) is 6.72.